The monoisotopic (exact) mass is 385 g/mol. The molecule has 0 saturated heterocycles. The van der Waals surface area contributed by atoms with Crippen molar-refractivity contribution in [1.29, 1.82) is 0 Å². The number of aryl methyl sites for hydroxylation is 1. The third kappa shape index (κ3) is 3.06. The van der Waals surface area contributed by atoms with Gasteiger partial charge in [0.1, 0.15) is 0 Å². The minimum atomic E-state index is -0.440. The molecule has 3 aromatic carbocycles. The van der Waals surface area contributed by atoms with Crippen LogP contribution in [0.3, 0.4) is 0 Å². The zero-order valence-electron chi connectivity index (χ0n) is 16.0. The molecule has 0 bridgehead atoms. The van der Waals surface area contributed by atoms with Gasteiger partial charge in [0.25, 0.3) is 11.8 Å². The number of carbonyl (C=O) groups is 2. The number of rotatable bonds is 3. The zero-order chi connectivity index (χ0) is 20.5. The summed E-state index contributed by atoms with van der Waals surface area (Å²) in [6.07, 6.45) is 1.59. The summed E-state index contributed by atoms with van der Waals surface area (Å²) in [6, 6.07) is 19.3. The van der Waals surface area contributed by atoms with Crippen LogP contribution in [0, 0.1) is 6.92 Å². The average molecular weight is 385 g/mol. The number of carbonyl (C=O) groups excluding carboxylic acids is 2. The topological polar surface area (TPSA) is 66.8 Å². The Hall–Kier alpha value is -3.86. The van der Waals surface area contributed by atoms with Crippen molar-refractivity contribution in [3.63, 3.8) is 0 Å². The highest BCUT2D eigenvalue weighted by Gasteiger charge is 2.36. The summed E-state index contributed by atoms with van der Waals surface area (Å²) < 4.78 is 5.17. The van der Waals surface area contributed by atoms with Crippen LogP contribution in [0.4, 0.5) is 5.69 Å². The number of phenolic OH excluding ortho intramolecular Hbond substituents is 1. The third-order valence-electron chi connectivity index (χ3n) is 4.99. The van der Waals surface area contributed by atoms with E-state index in [9.17, 15) is 14.7 Å². The third-order valence-corrected chi connectivity index (χ3v) is 4.99. The van der Waals surface area contributed by atoms with Crippen LogP contribution in [0.5, 0.6) is 11.5 Å². The fourth-order valence-electron chi connectivity index (χ4n) is 3.50. The van der Waals surface area contributed by atoms with E-state index in [0.29, 0.717) is 33.7 Å². The number of para-hydroxylation sites is 2. The summed E-state index contributed by atoms with van der Waals surface area (Å²) >= 11 is 0. The highest BCUT2D eigenvalue weighted by Crippen LogP contribution is 2.37. The number of imide groups is 1. The summed E-state index contributed by atoms with van der Waals surface area (Å²) in [7, 11) is 1.46. The Morgan fingerprint density at radius 3 is 2.28 bits per heavy atom. The Balaban J connectivity index is 1.94. The van der Waals surface area contributed by atoms with Gasteiger partial charge in [-0.05, 0) is 42.3 Å². The molecule has 3 aromatic rings. The fourth-order valence-corrected chi connectivity index (χ4v) is 3.50. The molecule has 4 rings (SSSR count). The molecule has 5 heteroatoms. The molecule has 5 nitrogen and oxygen atoms in total. The van der Waals surface area contributed by atoms with Crippen LogP contribution in [0.1, 0.15) is 27.0 Å². The second-order valence-electron chi connectivity index (χ2n) is 6.73. The van der Waals surface area contributed by atoms with Crippen LogP contribution in [-0.2, 0) is 4.79 Å². The van der Waals surface area contributed by atoms with Crippen LogP contribution in [0.25, 0.3) is 11.6 Å². The number of amides is 2. The lowest BCUT2D eigenvalue weighted by Crippen LogP contribution is -2.42. The van der Waals surface area contributed by atoms with E-state index in [1.54, 1.807) is 60.7 Å². The summed E-state index contributed by atoms with van der Waals surface area (Å²) in [5, 5.41) is 10.5. The van der Waals surface area contributed by atoms with Crippen molar-refractivity contribution in [2.75, 3.05) is 12.0 Å². The Labute approximate surface area is 168 Å². The minimum absolute atomic E-state index is 0.0628. The molecule has 0 aromatic heterocycles. The Bertz CT molecular complexity index is 1160. The number of fused-ring (bicyclic) bond motifs is 1. The van der Waals surface area contributed by atoms with Crippen LogP contribution in [0.15, 0.2) is 66.7 Å². The first-order chi connectivity index (χ1) is 14.0. The maximum atomic E-state index is 13.4. The number of phenols is 1. The highest BCUT2D eigenvalue weighted by molar-refractivity contribution is 6.43. The quantitative estimate of drug-likeness (QED) is 0.535. The molecule has 0 fully saturated rings. The molecule has 0 atom stereocenters. The van der Waals surface area contributed by atoms with E-state index in [0.717, 1.165) is 5.56 Å². The molecule has 1 aliphatic heterocycles. The molecule has 0 aliphatic carbocycles. The van der Waals surface area contributed by atoms with Gasteiger partial charge in [0, 0.05) is 16.7 Å². The van der Waals surface area contributed by atoms with Crippen LogP contribution in [0.2, 0.25) is 0 Å². The molecule has 1 aliphatic rings. The highest BCUT2D eigenvalue weighted by atomic mass is 16.5. The number of ether oxygens (including phenoxy) is 1. The number of anilines is 1. The van der Waals surface area contributed by atoms with Gasteiger partial charge in [0.2, 0.25) is 0 Å². The molecule has 144 valence electrons. The number of hydrogen-bond donors (Lipinski definition) is 1. The van der Waals surface area contributed by atoms with Gasteiger partial charge in [-0.2, -0.15) is 0 Å². The van der Waals surface area contributed by atoms with Crippen molar-refractivity contribution in [2.45, 2.75) is 6.92 Å². The lowest BCUT2D eigenvalue weighted by molar-refractivity contribution is -0.112. The number of aromatic hydroxyl groups is 1. The maximum absolute atomic E-state index is 13.4. The standard InChI is InChI=1S/C24H19NO4/c1-15-8-3-6-12-20(15)25-23(27)18-11-5-4-10-17(18)19(24(25)28)14-16-9-7-13-21(29-2)22(16)26/h3-14,26H,1-2H3/b19-14+. The van der Waals surface area contributed by atoms with Gasteiger partial charge in [-0.25, -0.2) is 4.90 Å². The van der Waals surface area contributed by atoms with E-state index < -0.39 is 5.91 Å². The van der Waals surface area contributed by atoms with Gasteiger partial charge >= 0.3 is 0 Å². The van der Waals surface area contributed by atoms with Crippen molar-refractivity contribution in [1.82, 2.24) is 0 Å². The van der Waals surface area contributed by atoms with Crippen LogP contribution >= 0.6 is 0 Å². The minimum Gasteiger partial charge on any atom is -0.504 e. The van der Waals surface area contributed by atoms with Gasteiger partial charge < -0.3 is 9.84 Å². The molecule has 2 amide bonds. The number of benzene rings is 3. The predicted octanol–water partition coefficient (Wildman–Crippen LogP) is 4.44. The van der Waals surface area contributed by atoms with Gasteiger partial charge in [0.05, 0.1) is 12.8 Å². The van der Waals surface area contributed by atoms with Crippen molar-refractivity contribution >= 4 is 29.2 Å². The Morgan fingerprint density at radius 1 is 0.862 bits per heavy atom. The molecule has 1 N–H and O–H groups in total. The lowest BCUT2D eigenvalue weighted by Gasteiger charge is -2.29. The fraction of sp³-hybridized carbons (Fsp3) is 0.0833. The molecule has 0 radical (unpaired) electrons. The average Bonchev–Trinajstić information content (AvgIpc) is 2.73. The number of nitrogens with zero attached hydrogens (tertiary/aromatic N) is 1. The molecular weight excluding hydrogens is 366 g/mol. The normalized spacial score (nSPS) is 14.8. The van der Waals surface area contributed by atoms with Crippen molar-refractivity contribution in [2.24, 2.45) is 0 Å². The summed E-state index contributed by atoms with van der Waals surface area (Å²) in [5.41, 5.74) is 3.09. The summed E-state index contributed by atoms with van der Waals surface area (Å²) in [5.74, 6) is -0.563. The van der Waals surface area contributed by atoms with Gasteiger partial charge in [-0.3, -0.25) is 9.59 Å². The molecule has 0 unspecified atom stereocenters. The molecule has 29 heavy (non-hydrogen) atoms. The van der Waals surface area contributed by atoms with E-state index in [-0.39, 0.29) is 11.7 Å². The molecular formula is C24H19NO4. The largest absolute Gasteiger partial charge is 0.504 e. The first-order valence-electron chi connectivity index (χ1n) is 9.14. The van der Waals surface area contributed by atoms with Gasteiger partial charge in [0.15, 0.2) is 11.5 Å². The second kappa shape index (κ2) is 7.28. The Morgan fingerprint density at radius 2 is 1.55 bits per heavy atom. The van der Waals surface area contributed by atoms with E-state index in [1.165, 1.54) is 12.0 Å². The van der Waals surface area contributed by atoms with E-state index in [4.69, 9.17) is 4.74 Å². The molecule has 1 heterocycles. The summed E-state index contributed by atoms with van der Waals surface area (Å²) in [6.45, 7) is 1.85. The maximum Gasteiger partial charge on any atom is 0.265 e. The van der Waals surface area contributed by atoms with Crippen LogP contribution < -0.4 is 9.64 Å². The smallest absolute Gasteiger partial charge is 0.265 e. The predicted molar refractivity (Wildman–Crippen MR) is 112 cm³/mol. The van der Waals surface area contributed by atoms with Crippen molar-refractivity contribution in [3.8, 4) is 11.5 Å². The second-order valence-corrected chi connectivity index (χ2v) is 6.73. The van der Waals surface area contributed by atoms with E-state index >= 15 is 0 Å². The SMILES string of the molecule is COc1cccc(/C=C2/C(=O)N(c3ccccc3C)C(=O)c3ccccc32)c1O. The molecule has 0 spiro atoms. The Kier molecular flexibility index (Phi) is 4.64. The number of hydrogen-bond acceptors (Lipinski definition) is 4. The van der Waals surface area contributed by atoms with Gasteiger partial charge in [-0.15, -0.1) is 0 Å². The first kappa shape index (κ1) is 18.5. The van der Waals surface area contributed by atoms with Crippen molar-refractivity contribution < 1.29 is 19.4 Å². The van der Waals surface area contributed by atoms with Crippen molar-refractivity contribution in [3.05, 3.63) is 89.0 Å². The number of methoxy groups -OCH3 is 1. The van der Waals surface area contributed by atoms with E-state index in [1.807, 2.05) is 19.1 Å². The van der Waals surface area contributed by atoms with E-state index in [2.05, 4.69) is 0 Å². The molecule has 0 saturated carbocycles. The lowest BCUT2D eigenvalue weighted by atomic mass is 9.91. The van der Waals surface area contributed by atoms with Gasteiger partial charge in [-0.1, -0.05) is 48.5 Å². The zero-order valence-corrected chi connectivity index (χ0v) is 16.0. The summed E-state index contributed by atoms with van der Waals surface area (Å²) in [4.78, 5) is 27.8. The first-order valence-corrected chi connectivity index (χ1v) is 9.14. The van der Waals surface area contributed by atoms with Crippen LogP contribution in [-0.4, -0.2) is 24.0 Å².